The molecule has 0 bridgehead atoms. The number of nitrogens with zero attached hydrogens (tertiary/aromatic N) is 4. The Morgan fingerprint density at radius 2 is 1.93 bits per heavy atom. The fourth-order valence-electron chi connectivity index (χ4n) is 4.76. The monoisotopic (exact) mass is 621 g/mol. The maximum absolute atomic E-state index is 14.7. The lowest BCUT2D eigenvalue weighted by Crippen LogP contribution is -2.30. The van der Waals surface area contributed by atoms with E-state index < -0.39 is 50.8 Å². The highest BCUT2D eigenvalue weighted by molar-refractivity contribution is 7.92. The van der Waals surface area contributed by atoms with Gasteiger partial charge in [0.15, 0.2) is 23.1 Å². The molecule has 4 aromatic rings. The van der Waals surface area contributed by atoms with Gasteiger partial charge in [0.05, 0.1) is 37.6 Å². The van der Waals surface area contributed by atoms with Crippen molar-refractivity contribution in [2.24, 2.45) is 0 Å². The summed E-state index contributed by atoms with van der Waals surface area (Å²) in [5.41, 5.74) is -0.970. The van der Waals surface area contributed by atoms with Crippen molar-refractivity contribution in [3.05, 3.63) is 71.4 Å². The number of alkyl halides is 2. The van der Waals surface area contributed by atoms with Crippen LogP contribution in [0.1, 0.15) is 29.6 Å². The average molecular weight is 622 g/mol. The Hall–Kier alpha value is -4.53. The second-order valence-electron chi connectivity index (χ2n) is 9.66. The Bertz CT molecular complexity index is 1820. The van der Waals surface area contributed by atoms with Gasteiger partial charge in [-0.15, -0.1) is 0 Å². The van der Waals surface area contributed by atoms with Crippen molar-refractivity contribution in [2.75, 3.05) is 31.3 Å². The number of carbonyl (C=O) groups excluding carboxylic acids is 1. The first-order chi connectivity index (χ1) is 20.2. The molecule has 1 atom stereocenters. The van der Waals surface area contributed by atoms with Crippen LogP contribution in [0.15, 0.2) is 53.6 Å². The zero-order chi connectivity index (χ0) is 29.4. The van der Waals surface area contributed by atoms with Crippen LogP contribution in [0.25, 0.3) is 10.9 Å². The lowest BCUT2D eigenvalue weighted by molar-refractivity contribution is 0.0949. The topological polar surface area (TPSA) is 124 Å². The summed E-state index contributed by atoms with van der Waals surface area (Å²) >= 11 is 0. The normalized spacial score (nSPS) is 17.0. The Labute approximate surface area is 244 Å². The van der Waals surface area contributed by atoms with Gasteiger partial charge < -0.3 is 19.7 Å². The number of aromatic nitrogens is 3. The van der Waals surface area contributed by atoms with Crippen LogP contribution < -0.4 is 19.7 Å². The molecule has 1 aromatic carbocycles. The molecule has 1 N–H and O–H groups in total. The van der Waals surface area contributed by atoms with E-state index in [4.69, 9.17) is 14.5 Å². The van der Waals surface area contributed by atoms with E-state index in [-0.39, 0.29) is 31.3 Å². The molecule has 2 aliphatic rings. The first kappa shape index (κ1) is 29.9. The van der Waals surface area contributed by atoms with Gasteiger partial charge in [-0.25, -0.2) is 27.2 Å². The first-order valence-electron chi connectivity index (χ1n) is 13.1. The highest BCUT2D eigenvalue weighted by Gasteiger charge is 2.35. The van der Waals surface area contributed by atoms with Crippen LogP contribution in [0.5, 0.6) is 11.5 Å². The molecule has 0 unspecified atom stereocenters. The van der Waals surface area contributed by atoms with Gasteiger partial charge in [-0.1, -0.05) is 0 Å². The van der Waals surface area contributed by atoms with E-state index in [1.807, 2.05) is 17.0 Å². The quantitative estimate of drug-likeness (QED) is 0.312. The van der Waals surface area contributed by atoms with Crippen molar-refractivity contribution in [3.8, 4) is 11.5 Å². The number of benzene rings is 1. The predicted molar refractivity (Wildman–Crippen MR) is 150 cm³/mol. The lowest BCUT2D eigenvalue weighted by atomic mass is 10.2. The predicted octanol–water partition coefficient (Wildman–Crippen LogP) is 4.39. The first-order valence-corrected chi connectivity index (χ1v) is 14.6. The van der Waals surface area contributed by atoms with Crippen LogP contribution in [-0.4, -0.2) is 61.2 Å². The number of rotatable bonds is 6. The lowest BCUT2D eigenvalue weighted by Gasteiger charge is -2.29. The number of carbonyl (C=O) groups is 1. The Balaban J connectivity index is 0.00000221. The van der Waals surface area contributed by atoms with E-state index in [9.17, 15) is 26.4 Å². The summed E-state index contributed by atoms with van der Waals surface area (Å²) in [7, 11) is -4.53. The van der Waals surface area contributed by atoms with E-state index >= 15 is 0 Å². The molecule has 15 heteroatoms. The van der Waals surface area contributed by atoms with Crippen LogP contribution in [0.4, 0.5) is 29.5 Å². The number of amides is 1. The largest absolute Gasteiger partial charge is 0.489 e. The summed E-state index contributed by atoms with van der Waals surface area (Å²) in [5, 5.41) is 3.32. The molecule has 0 saturated carbocycles. The molecular weight excluding hydrogens is 594 g/mol. The summed E-state index contributed by atoms with van der Waals surface area (Å²) in [5.74, 6) is -0.753. The van der Waals surface area contributed by atoms with Gasteiger partial charge in [0.2, 0.25) is 15.3 Å². The number of hydrogen-bond donors (Lipinski definition) is 1. The van der Waals surface area contributed by atoms with Crippen LogP contribution in [0.2, 0.25) is 0 Å². The summed E-state index contributed by atoms with van der Waals surface area (Å²) in [6.45, 7) is -0.0307. The van der Waals surface area contributed by atoms with Gasteiger partial charge in [0, 0.05) is 37.1 Å². The molecule has 0 radical (unpaired) electrons. The van der Waals surface area contributed by atoms with Crippen molar-refractivity contribution in [3.63, 3.8) is 0 Å². The molecule has 5 heterocycles. The van der Waals surface area contributed by atoms with Gasteiger partial charge in [-0.05, 0) is 42.5 Å². The van der Waals surface area contributed by atoms with Crippen LogP contribution in [0, 0.1) is 5.82 Å². The second-order valence-corrected chi connectivity index (χ2v) is 11.7. The molecule has 43 heavy (non-hydrogen) atoms. The van der Waals surface area contributed by atoms with E-state index in [0.29, 0.717) is 47.4 Å². The van der Waals surface area contributed by atoms with Gasteiger partial charge in [0.1, 0.15) is 17.3 Å². The van der Waals surface area contributed by atoms with E-state index in [1.165, 1.54) is 0 Å². The van der Waals surface area contributed by atoms with Gasteiger partial charge in [-0.3, -0.25) is 18.9 Å². The standard InChI is InChI=1S/C28H24F3N5O5S.FH.H2/c29-7-5-18-2-3-22-27(34-18)36(8-10-40-22)25-4-1-16-14-32-19(13-21(16)35-25)15-33-28(37)17-11-20(30)26-23(12-17)42(38,39)24(31)6-9-41-26;;/h1-4,11-14,24H,5-10,15H2,(H,33,37);2*1H/t24-;;/m1../s1. The molecule has 3 aromatic heterocycles. The maximum Gasteiger partial charge on any atom is 0.251 e. The third-order valence-corrected chi connectivity index (χ3v) is 8.73. The third-order valence-electron chi connectivity index (χ3n) is 6.90. The highest BCUT2D eigenvalue weighted by Crippen LogP contribution is 2.36. The number of aryl methyl sites for hydroxylation is 1. The van der Waals surface area contributed by atoms with Crippen LogP contribution in [0.3, 0.4) is 0 Å². The number of pyridine rings is 3. The zero-order valence-electron chi connectivity index (χ0n) is 22.4. The molecule has 6 rings (SSSR count). The minimum atomic E-state index is -4.53. The Kier molecular flexibility index (Phi) is 8.35. The number of ether oxygens (including phenoxy) is 2. The van der Waals surface area contributed by atoms with Crippen LogP contribution in [-0.2, 0) is 22.8 Å². The van der Waals surface area contributed by atoms with Crippen molar-refractivity contribution >= 4 is 38.3 Å². The van der Waals surface area contributed by atoms with Crippen molar-refractivity contribution < 1.29 is 42.0 Å². The SMILES string of the molecule is F.O=C(NCc1cc2nc(N3CCOc4ccc(CCF)nc43)ccc2cn1)c1cc(F)c2c(c1)S(=O)(=O)[C@@H](F)CCO2.[HH]. The highest BCUT2D eigenvalue weighted by atomic mass is 32.2. The summed E-state index contributed by atoms with van der Waals surface area (Å²) in [6, 6.07) is 10.6. The van der Waals surface area contributed by atoms with Gasteiger partial charge >= 0.3 is 0 Å². The fourth-order valence-corrected chi connectivity index (χ4v) is 6.15. The molecule has 2 aliphatic heterocycles. The van der Waals surface area contributed by atoms with Crippen molar-refractivity contribution in [1.82, 2.24) is 20.3 Å². The fraction of sp³-hybridized carbons (Fsp3) is 0.286. The molecule has 0 spiro atoms. The van der Waals surface area contributed by atoms with Crippen LogP contribution >= 0.6 is 0 Å². The van der Waals surface area contributed by atoms with E-state index in [1.54, 1.807) is 24.4 Å². The minimum absolute atomic E-state index is 0. The average Bonchev–Trinajstić information content (AvgIpc) is 3.10. The van der Waals surface area contributed by atoms with Gasteiger partial charge in [-0.2, -0.15) is 0 Å². The molecule has 228 valence electrons. The van der Waals surface area contributed by atoms with Crippen molar-refractivity contribution in [1.29, 1.82) is 0 Å². The number of fused-ring (bicyclic) bond motifs is 3. The number of anilines is 2. The van der Waals surface area contributed by atoms with E-state index in [0.717, 1.165) is 17.5 Å². The summed E-state index contributed by atoms with van der Waals surface area (Å²) < 4.78 is 77.6. The molecular formula is C28H27F4N5O5S. The Morgan fingerprint density at radius 1 is 1.09 bits per heavy atom. The molecule has 0 fully saturated rings. The second kappa shape index (κ2) is 12.0. The van der Waals surface area contributed by atoms with E-state index in [2.05, 4.69) is 15.3 Å². The summed E-state index contributed by atoms with van der Waals surface area (Å²) in [6.07, 6.45) is 1.33. The number of sulfone groups is 1. The molecule has 0 aliphatic carbocycles. The number of hydrogen-bond acceptors (Lipinski definition) is 9. The smallest absolute Gasteiger partial charge is 0.251 e. The third kappa shape index (κ3) is 5.76. The summed E-state index contributed by atoms with van der Waals surface area (Å²) in [4.78, 5) is 27.7. The van der Waals surface area contributed by atoms with Gasteiger partial charge in [0.25, 0.3) is 5.91 Å². The molecule has 10 nitrogen and oxygen atoms in total. The number of halogens is 4. The molecule has 0 saturated heterocycles. The maximum atomic E-state index is 14.7. The minimum Gasteiger partial charge on any atom is -0.489 e. The van der Waals surface area contributed by atoms with Crippen molar-refractivity contribution in [2.45, 2.75) is 29.8 Å². The number of nitrogens with one attached hydrogen (secondary N) is 1. The molecule has 1 amide bonds. The Morgan fingerprint density at radius 3 is 2.74 bits per heavy atom. The zero-order valence-corrected chi connectivity index (χ0v) is 23.2.